The first kappa shape index (κ1) is 15.0. The van der Waals surface area contributed by atoms with E-state index in [0.29, 0.717) is 5.56 Å². The number of hydrogen-bond donors (Lipinski definition) is 1. The molecule has 0 spiro atoms. The summed E-state index contributed by atoms with van der Waals surface area (Å²) in [6, 6.07) is 7.75. The molecule has 1 amide bonds. The van der Waals surface area contributed by atoms with Crippen LogP contribution in [0, 0.1) is 23.7 Å². The highest BCUT2D eigenvalue weighted by molar-refractivity contribution is 6.00. The van der Waals surface area contributed by atoms with E-state index in [1.807, 2.05) is 24.3 Å². The normalized spacial score (nSPS) is 29.9. The number of carbonyl (C=O) groups excluding carboxylic acids is 1. The van der Waals surface area contributed by atoms with Crippen molar-refractivity contribution in [2.24, 2.45) is 23.7 Å². The Bertz CT molecular complexity index is 797. The van der Waals surface area contributed by atoms with Crippen molar-refractivity contribution in [2.45, 2.75) is 19.3 Å². The standard InChI is InChI=1S/C20H23N3O2/c1-25-15-4-2-3-14(8-15)19-16(9-21-22-19)20(24)23-10-17-12-5-6-13(7-12)18(17)11-23/h2-4,8-9,12-13,17-18H,5-7,10-11H2,1H3,(H,21,22). The Balaban J connectivity index is 1.41. The minimum atomic E-state index is 0.111. The number of rotatable bonds is 3. The molecular formula is C20H23N3O2. The summed E-state index contributed by atoms with van der Waals surface area (Å²) in [5, 5.41) is 7.15. The second kappa shape index (κ2) is 5.61. The zero-order valence-electron chi connectivity index (χ0n) is 14.4. The minimum Gasteiger partial charge on any atom is -0.497 e. The Labute approximate surface area is 147 Å². The summed E-state index contributed by atoms with van der Waals surface area (Å²) in [4.78, 5) is 15.2. The SMILES string of the molecule is COc1cccc(-c2[nH]ncc2C(=O)N2CC3C4CCC(C4)C3C2)c1. The lowest BCUT2D eigenvalue weighted by molar-refractivity contribution is 0.0777. The van der Waals surface area contributed by atoms with Crippen LogP contribution in [0.3, 0.4) is 0 Å². The molecule has 130 valence electrons. The first-order valence-corrected chi connectivity index (χ1v) is 9.21. The number of aromatic nitrogens is 2. The number of nitrogens with one attached hydrogen (secondary N) is 1. The van der Waals surface area contributed by atoms with Crippen LogP contribution in [0.1, 0.15) is 29.6 Å². The largest absolute Gasteiger partial charge is 0.497 e. The summed E-state index contributed by atoms with van der Waals surface area (Å²) in [6.45, 7) is 1.85. The van der Waals surface area contributed by atoms with Gasteiger partial charge in [0.1, 0.15) is 5.75 Å². The highest BCUT2D eigenvalue weighted by Crippen LogP contribution is 2.55. The fraction of sp³-hybridized carbons (Fsp3) is 0.500. The molecule has 2 bridgehead atoms. The van der Waals surface area contributed by atoms with Gasteiger partial charge >= 0.3 is 0 Å². The molecule has 1 aromatic carbocycles. The quantitative estimate of drug-likeness (QED) is 0.936. The first-order chi connectivity index (χ1) is 12.2. The summed E-state index contributed by atoms with van der Waals surface area (Å²) in [7, 11) is 1.65. The summed E-state index contributed by atoms with van der Waals surface area (Å²) >= 11 is 0. The number of benzene rings is 1. The van der Waals surface area contributed by atoms with E-state index in [4.69, 9.17) is 4.74 Å². The van der Waals surface area contributed by atoms with E-state index in [-0.39, 0.29) is 5.91 Å². The van der Waals surface area contributed by atoms with Gasteiger partial charge in [-0.15, -0.1) is 0 Å². The number of H-pyrrole nitrogens is 1. The number of carbonyl (C=O) groups is 1. The number of amides is 1. The summed E-state index contributed by atoms with van der Waals surface area (Å²) < 4.78 is 5.30. The topological polar surface area (TPSA) is 58.2 Å². The van der Waals surface area contributed by atoms with Crippen LogP contribution >= 0.6 is 0 Å². The van der Waals surface area contributed by atoms with Gasteiger partial charge in [-0.05, 0) is 55.1 Å². The molecule has 2 aromatic rings. The predicted molar refractivity (Wildman–Crippen MR) is 94.3 cm³/mol. The molecule has 4 atom stereocenters. The third-order valence-corrected chi connectivity index (χ3v) is 6.65. The molecule has 3 fully saturated rings. The van der Waals surface area contributed by atoms with Crippen LogP contribution in [-0.2, 0) is 0 Å². The highest BCUT2D eigenvalue weighted by atomic mass is 16.5. The molecule has 5 rings (SSSR count). The van der Waals surface area contributed by atoms with E-state index in [0.717, 1.165) is 53.8 Å². The van der Waals surface area contributed by atoms with E-state index in [1.165, 1.54) is 19.3 Å². The van der Waals surface area contributed by atoms with Crippen molar-refractivity contribution >= 4 is 5.91 Å². The van der Waals surface area contributed by atoms with Crippen molar-refractivity contribution in [3.05, 3.63) is 36.0 Å². The van der Waals surface area contributed by atoms with Gasteiger partial charge in [-0.2, -0.15) is 5.10 Å². The minimum absolute atomic E-state index is 0.111. The van der Waals surface area contributed by atoms with Crippen molar-refractivity contribution in [1.29, 1.82) is 0 Å². The van der Waals surface area contributed by atoms with E-state index in [9.17, 15) is 4.79 Å². The molecule has 1 aliphatic heterocycles. The van der Waals surface area contributed by atoms with Gasteiger partial charge in [0, 0.05) is 18.7 Å². The van der Waals surface area contributed by atoms with Crippen LogP contribution in [0.2, 0.25) is 0 Å². The number of nitrogens with zero attached hydrogens (tertiary/aromatic N) is 2. The van der Waals surface area contributed by atoms with E-state index in [2.05, 4.69) is 15.1 Å². The van der Waals surface area contributed by atoms with Crippen molar-refractivity contribution in [3.8, 4) is 17.0 Å². The van der Waals surface area contributed by atoms with Gasteiger partial charge in [-0.1, -0.05) is 12.1 Å². The third kappa shape index (κ3) is 2.29. The average Bonchev–Trinajstić information content (AvgIpc) is 3.42. The summed E-state index contributed by atoms with van der Waals surface area (Å²) in [6.07, 6.45) is 5.81. The molecule has 2 aliphatic carbocycles. The van der Waals surface area contributed by atoms with Crippen LogP contribution in [0.15, 0.2) is 30.5 Å². The lowest BCUT2D eigenvalue weighted by Crippen LogP contribution is -2.30. The Hall–Kier alpha value is -2.30. The molecule has 5 heteroatoms. The lowest BCUT2D eigenvalue weighted by atomic mass is 9.82. The van der Waals surface area contributed by atoms with Gasteiger partial charge < -0.3 is 9.64 Å². The molecule has 1 saturated heterocycles. The Morgan fingerprint density at radius 2 is 2.00 bits per heavy atom. The molecule has 0 radical (unpaired) electrons. The van der Waals surface area contributed by atoms with Crippen molar-refractivity contribution in [1.82, 2.24) is 15.1 Å². The molecule has 5 nitrogen and oxygen atoms in total. The molecule has 1 N–H and O–H groups in total. The maximum absolute atomic E-state index is 13.2. The molecular weight excluding hydrogens is 314 g/mol. The molecule has 1 aromatic heterocycles. The molecule has 25 heavy (non-hydrogen) atoms. The molecule has 3 aliphatic rings. The zero-order valence-corrected chi connectivity index (χ0v) is 14.4. The maximum atomic E-state index is 13.2. The average molecular weight is 337 g/mol. The molecule has 2 saturated carbocycles. The van der Waals surface area contributed by atoms with Crippen molar-refractivity contribution in [3.63, 3.8) is 0 Å². The van der Waals surface area contributed by atoms with Crippen LogP contribution < -0.4 is 4.74 Å². The van der Waals surface area contributed by atoms with Crippen molar-refractivity contribution in [2.75, 3.05) is 20.2 Å². The lowest BCUT2D eigenvalue weighted by Gasteiger charge is -2.22. The number of hydrogen-bond acceptors (Lipinski definition) is 3. The van der Waals surface area contributed by atoms with E-state index in [1.54, 1.807) is 13.3 Å². The Morgan fingerprint density at radius 1 is 1.24 bits per heavy atom. The molecule has 4 unspecified atom stereocenters. The van der Waals surface area contributed by atoms with Crippen LogP contribution in [-0.4, -0.2) is 41.2 Å². The maximum Gasteiger partial charge on any atom is 0.257 e. The number of methoxy groups -OCH3 is 1. The molecule has 2 heterocycles. The van der Waals surface area contributed by atoms with Crippen LogP contribution in [0.5, 0.6) is 5.75 Å². The fourth-order valence-corrected chi connectivity index (χ4v) is 5.47. The smallest absolute Gasteiger partial charge is 0.257 e. The van der Waals surface area contributed by atoms with Crippen molar-refractivity contribution < 1.29 is 9.53 Å². The Morgan fingerprint density at radius 3 is 2.72 bits per heavy atom. The van der Waals surface area contributed by atoms with Gasteiger partial charge in [-0.25, -0.2) is 0 Å². The van der Waals surface area contributed by atoms with Gasteiger partial charge in [0.25, 0.3) is 5.91 Å². The number of ether oxygens (including phenoxy) is 1. The van der Waals surface area contributed by atoms with Gasteiger partial charge in [-0.3, -0.25) is 9.89 Å². The fourth-order valence-electron chi connectivity index (χ4n) is 5.47. The number of likely N-dealkylation sites (tertiary alicyclic amines) is 1. The zero-order chi connectivity index (χ0) is 17.0. The van der Waals surface area contributed by atoms with E-state index < -0.39 is 0 Å². The number of fused-ring (bicyclic) bond motifs is 5. The predicted octanol–water partition coefficient (Wildman–Crippen LogP) is 3.20. The van der Waals surface area contributed by atoms with Crippen LogP contribution in [0.4, 0.5) is 0 Å². The summed E-state index contributed by atoms with van der Waals surface area (Å²) in [5.41, 5.74) is 2.38. The second-order valence-corrected chi connectivity index (χ2v) is 7.76. The monoisotopic (exact) mass is 337 g/mol. The third-order valence-electron chi connectivity index (χ3n) is 6.65. The van der Waals surface area contributed by atoms with Gasteiger partial charge in [0.2, 0.25) is 0 Å². The van der Waals surface area contributed by atoms with Gasteiger partial charge in [0.05, 0.1) is 24.6 Å². The number of aromatic amines is 1. The Kier molecular flexibility index (Phi) is 3.37. The first-order valence-electron chi connectivity index (χ1n) is 9.21. The van der Waals surface area contributed by atoms with Gasteiger partial charge in [0.15, 0.2) is 0 Å². The van der Waals surface area contributed by atoms with E-state index >= 15 is 0 Å². The summed E-state index contributed by atoms with van der Waals surface area (Å²) in [5.74, 6) is 4.06. The second-order valence-electron chi connectivity index (χ2n) is 7.76. The van der Waals surface area contributed by atoms with Crippen LogP contribution in [0.25, 0.3) is 11.3 Å². The highest BCUT2D eigenvalue weighted by Gasteiger charge is 2.52.